The van der Waals surface area contributed by atoms with E-state index >= 15 is 0 Å². The number of nitriles is 1. The summed E-state index contributed by atoms with van der Waals surface area (Å²) < 4.78 is 39.4. The van der Waals surface area contributed by atoms with Crippen molar-refractivity contribution in [3.05, 3.63) is 89.5 Å². The molecule has 0 unspecified atom stereocenters. The van der Waals surface area contributed by atoms with Crippen molar-refractivity contribution in [3.63, 3.8) is 0 Å². The van der Waals surface area contributed by atoms with E-state index in [4.69, 9.17) is 9.47 Å². The Labute approximate surface area is 196 Å². The molecular weight excluding hydrogens is 436 g/mol. The predicted octanol–water partition coefficient (Wildman–Crippen LogP) is 4.90. The normalized spacial score (nSPS) is 11.8. The van der Waals surface area contributed by atoms with Gasteiger partial charge in [-0.2, -0.15) is 9.57 Å². The minimum absolute atomic E-state index is 0.158. The molecule has 3 aromatic rings. The summed E-state index contributed by atoms with van der Waals surface area (Å²) in [4.78, 5) is 0.158. The van der Waals surface area contributed by atoms with E-state index in [0.717, 1.165) is 11.1 Å². The smallest absolute Gasteiger partial charge is 0.243 e. The maximum absolute atomic E-state index is 13.7. The Morgan fingerprint density at radius 1 is 0.848 bits per heavy atom. The van der Waals surface area contributed by atoms with Crippen molar-refractivity contribution in [2.45, 2.75) is 37.2 Å². The highest BCUT2D eigenvalue weighted by Crippen LogP contribution is 2.28. The summed E-state index contributed by atoms with van der Waals surface area (Å²) in [5.74, 6) is 1.41. The van der Waals surface area contributed by atoms with Gasteiger partial charge in [-0.25, -0.2) is 8.42 Å². The van der Waals surface area contributed by atoms with Crippen LogP contribution in [0.25, 0.3) is 0 Å². The van der Waals surface area contributed by atoms with Crippen molar-refractivity contribution in [2.24, 2.45) is 0 Å². The molecule has 0 amide bonds. The fourth-order valence-corrected chi connectivity index (χ4v) is 4.82. The standard InChI is InChI=1S/C26H28N2O4S/c1-26(2,19-27)22-6-5-7-25(16-22)33(29,30)28(17-20-8-12-23(31-3)13-9-20)18-21-10-14-24(32-4)15-11-21/h5-16H,17-18H2,1-4H3. The number of rotatable bonds is 9. The second-order valence-electron chi connectivity index (χ2n) is 8.23. The zero-order chi connectivity index (χ0) is 24.1. The topological polar surface area (TPSA) is 79.6 Å². The SMILES string of the molecule is COc1ccc(CN(Cc2ccc(OC)cc2)S(=O)(=O)c2cccc(C(C)(C)C#N)c2)cc1. The molecule has 6 nitrogen and oxygen atoms in total. The van der Waals surface area contributed by atoms with Gasteiger partial charge in [-0.05, 0) is 66.9 Å². The second-order valence-corrected chi connectivity index (χ2v) is 10.2. The van der Waals surface area contributed by atoms with Gasteiger partial charge in [0.2, 0.25) is 10.0 Å². The highest BCUT2D eigenvalue weighted by molar-refractivity contribution is 7.89. The molecule has 0 saturated heterocycles. The minimum atomic E-state index is -3.86. The lowest BCUT2D eigenvalue weighted by molar-refractivity contribution is 0.397. The monoisotopic (exact) mass is 464 g/mol. The number of nitrogens with zero attached hydrogens (tertiary/aromatic N) is 2. The predicted molar refractivity (Wildman–Crippen MR) is 128 cm³/mol. The van der Waals surface area contributed by atoms with Crippen molar-refractivity contribution >= 4 is 10.0 Å². The third kappa shape index (κ3) is 5.72. The van der Waals surface area contributed by atoms with Crippen LogP contribution >= 0.6 is 0 Å². The van der Waals surface area contributed by atoms with Crippen molar-refractivity contribution in [2.75, 3.05) is 14.2 Å². The maximum atomic E-state index is 13.7. The van der Waals surface area contributed by atoms with E-state index in [2.05, 4.69) is 6.07 Å². The molecule has 0 N–H and O–H groups in total. The lowest BCUT2D eigenvalue weighted by Gasteiger charge is -2.24. The van der Waals surface area contributed by atoms with E-state index in [1.807, 2.05) is 48.5 Å². The molecule has 0 atom stereocenters. The molecule has 0 bridgehead atoms. The Morgan fingerprint density at radius 2 is 1.33 bits per heavy atom. The lowest BCUT2D eigenvalue weighted by atomic mass is 9.86. The van der Waals surface area contributed by atoms with Crippen LogP contribution in [-0.2, 0) is 28.5 Å². The van der Waals surface area contributed by atoms with E-state index in [1.54, 1.807) is 52.3 Å². The highest BCUT2D eigenvalue weighted by atomic mass is 32.2. The molecule has 0 fully saturated rings. The number of ether oxygens (including phenoxy) is 2. The summed E-state index contributed by atoms with van der Waals surface area (Å²) in [6.07, 6.45) is 0. The second kappa shape index (κ2) is 10.1. The number of sulfonamides is 1. The van der Waals surface area contributed by atoms with E-state index < -0.39 is 15.4 Å². The molecule has 0 aliphatic rings. The Hall–Kier alpha value is -3.34. The van der Waals surface area contributed by atoms with Crippen molar-refractivity contribution in [1.29, 1.82) is 5.26 Å². The fourth-order valence-electron chi connectivity index (χ4n) is 3.35. The summed E-state index contributed by atoms with van der Waals surface area (Å²) in [7, 11) is -0.681. The summed E-state index contributed by atoms with van der Waals surface area (Å²) in [5, 5.41) is 9.50. The van der Waals surface area contributed by atoms with Crippen LogP contribution in [0.3, 0.4) is 0 Å². The summed E-state index contributed by atoms with van der Waals surface area (Å²) in [6, 6.07) is 23.5. The molecule has 3 aromatic carbocycles. The third-order valence-corrected chi connectivity index (χ3v) is 7.30. The van der Waals surface area contributed by atoms with Gasteiger partial charge in [-0.3, -0.25) is 0 Å². The maximum Gasteiger partial charge on any atom is 0.243 e. The van der Waals surface area contributed by atoms with Gasteiger partial charge in [-0.1, -0.05) is 36.4 Å². The van der Waals surface area contributed by atoms with Crippen LogP contribution in [0.15, 0.2) is 77.7 Å². The van der Waals surface area contributed by atoms with Gasteiger partial charge in [0.25, 0.3) is 0 Å². The largest absolute Gasteiger partial charge is 0.497 e. The van der Waals surface area contributed by atoms with E-state index in [-0.39, 0.29) is 18.0 Å². The quantitative estimate of drug-likeness (QED) is 0.450. The average Bonchev–Trinajstić information content (AvgIpc) is 2.84. The molecule has 0 spiro atoms. The zero-order valence-corrected chi connectivity index (χ0v) is 20.1. The van der Waals surface area contributed by atoms with Crippen molar-refractivity contribution < 1.29 is 17.9 Å². The van der Waals surface area contributed by atoms with E-state index in [9.17, 15) is 13.7 Å². The molecule has 7 heteroatoms. The lowest BCUT2D eigenvalue weighted by Crippen LogP contribution is -2.30. The highest BCUT2D eigenvalue weighted by Gasteiger charge is 2.28. The first-order chi connectivity index (χ1) is 15.7. The first-order valence-electron chi connectivity index (χ1n) is 10.5. The van der Waals surface area contributed by atoms with Crippen molar-refractivity contribution in [1.82, 2.24) is 4.31 Å². The Kier molecular flexibility index (Phi) is 7.42. The van der Waals surface area contributed by atoms with Crippen LogP contribution in [0.4, 0.5) is 0 Å². The van der Waals surface area contributed by atoms with Crippen LogP contribution in [0.2, 0.25) is 0 Å². The Bertz CT molecular complexity index is 1180. The van der Waals surface area contributed by atoms with E-state index in [1.165, 1.54) is 4.31 Å². The first-order valence-corrected chi connectivity index (χ1v) is 11.9. The summed E-state index contributed by atoms with van der Waals surface area (Å²) in [5.41, 5.74) is 1.52. The van der Waals surface area contributed by atoms with Gasteiger partial charge < -0.3 is 9.47 Å². The molecule has 0 aliphatic heterocycles. The summed E-state index contributed by atoms with van der Waals surface area (Å²) in [6.45, 7) is 3.91. The Morgan fingerprint density at radius 3 is 1.76 bits per heavy atom. The average molecular weight is 465 g/mol. The number of hydrogen-bond donors (Lipinski definition) is 0. The number of methoxy groups -OCH3 is 2. The zero-order valence-electron chi connectivity index (χ0n) is 19.3. The van der Waals surface area contributed by atoms with Gasteiger partial charge >= 0.3 is 0 Å². The van der Waals surface area contributed by atoms with Gasteiger partial charge in [0.15, 0.2) is 0 Å². The van der Waals surface area contributed by atoms with Crippen LogP contribution in [0, 0.1) is 11.3 Å². The molecule has 0 saturated carbocycles. The third-order valence-electron chi connectivity index (χ3n) is 5.51. The van der Waals surface area contributed by atoms with Crippen LogP contribution in [-0.4, -0.2) is 26.9 Å². The van der Waals surface area contributed by atoms with Crippen LogP contribution in [0.5, 0.6) is 11.5 Å². The van der Waals surface area contributed by atoms with Crippen molar-refractivity contribution in [3.8, 4) is 17.6 Å². The molecule has 0 radical (unpaired) electrons. The molecule has 0 heterocycles. The molecule has 0 aromatic heterocycles. The molecular formula is C26H28N2O4S. The molecule has 33 heavy (non-hydrogen) atoms. The fraction of sp³-hybridized carbons (Fsp3) is 0.269. The molecule has 3 rings (SSSR count). The van der Waals surface area contributed by atoms with Crippen LogP contribution in [0.1, 0.15) is 30.5 Å². The van der Waals surface area contributed by atoms with Gasteiger partial charge in [0.05, 0.1) is 30.6 Å². The van der Waals surface area contributed by atoms with Gasteiger partial charge in [0.1, 0.15) is 11.5 Å². The van der Waals surface area contributed by atoms with Crippen LogP contribution < -0.4 is 9.47 Å². The Balaban J connectivity index is 2.00. The van der Waals surface area contributed by atoms with E-state index in [0.29, 0.717) is 17.1 Å². The number of benzene rings is 3. The minimum Gasteiger partial charge on any atom is -0.497 e. The van der Waals surface area contributed by atoms with Gasteiger partial charge in [-0.15, -0.1) is 0 Å². The molecule has 172 valence electrons. The molecule has 0 aliphatic carbocycles. The first kappa shape index (κ1) is 24.3. The van der Waals surface area contributed by atoms with Gasteiger partial charge in [0, 0.05) is 13.1 Å². The number of hydrogen-bond acceptors (Lipinski definition) is 5. The summed E-state index contributed by atoms with van der Waals surface area (Å²) >= 11 is 0.